The van der Waals surface area contributed by atoms with Crippen molar-refractivity contribution in [2.75, 3.05) is 6.54 Å². The molecule has 148 valence electrons. The van der Waals surface area contributed by atoms with Gasteiger partial charge in [0.05, 0.1) is 0 Å². The highest BCUT2D eigenvalue weighted by Crippen LogP contribution is 2.23. The first kappa shape index (κ1) is 20.9. The van der Waals surface area contributed by atoms with Gasteiger partial charge in [0, 0.05) is 23.4 Å². The van der Waals surface area contributed by atoms with Gasteiger partial charge in [0.1, 0.15) is 5.69 Å². The third-order valence-corrected chi connectivity index (χ3v) is 4.13. The molecule has 0 aliphatic rings. The number of carbonyl (C=O) groups is 4. The maximum Gasteiger partial charge on any atom is 0.356 e. The number of aromatic nitrogens is 1. The Labute approximate surface area is 162 Å². The Hall–Kier alpha value is -3.42. The van der Waals surface area contributed by atoms with Crippen LogP contribution < -0.4 is 10.6 Å². The van der Waals surface area contributed by atoms with Gasteiger partial charge in [-0.3, -0.25) is 14.9 Å². The fraction of sp³-hybridized carbons (Fsp3) is 0.300. The highest BCUT2D eigenvalue weighted by Gasteiger charge is 2.29. The molecular weight excluding hydrogens is 362 g/mol. The number of aromatic amines is 1. The van der Waals surface area contributed by atoms with Gasteiger partial charge in [-0.05, 0) is 33.3 Å². The van der Waals surface area contributed by atoms with Crippen LogP contribution in [0.1, 0.15) is 57.6 Å². The largest absolute Gasteiger partial charge is 0.443 e. The number of hydrogen-bond acceptors (Lipinski definition) is 5. The summed E-state index contributed by atoms with van der Waals surface area (Å²) in [5, 5.41) is 4.60. The summed E-state index contributed by atoms with van der Waals surface area (Å²) in [6.07, 6.45) is -1.33. The summed E-state index contributed by atoms with van der Waals surface area (Å²) in [5.41, 5.74) is 1.90. The summed E-state index contributed by atoms with van der Waals surface area (Å²) < 4.78 is 5.42. The highest BCUT2D eigenvalue weighted by molar-refractivity contribution is 6.02. The molecule has 0 radical (unpaired) electrons. The lowest BCUT2D eigenvalue weighted by atomic mass is 10.1. The molecule has 0 saturated carbocycles. The van der Waals surface area contributed by atoms with E-state index < -0.39 is 24.0 Å². The average Bonchev–Trinajstić information content (AvgIpc) is 2.94. The molecule has 0 bridgehead atoms. The summed E-state index contributed by atoms with van der Waals surface area (Å²) in [7, 11) is 0. The van der Waals surface area contributed by atoms with Crippen molar-refractivity contribution in [3.05, 3.63) is 58.4 Å². The van der Waals surface area contributed by atoms with E-state index in [1.165, 1.54) is 6.92 Å². The van der Waals surface area contributed by atoms with Crippen LogP contribution >= 0.6 is 0 Å². The molecule has 8 nitrogen and oxygen atoms in total. The monoisotopic (exact) mass is 385 g/mol. The van der Waals surface area contributed by atoms with Crippen molar-refractivity contribution < 1.29 is 23.9 Å². The highest BCUT2D eigenvalue weighted by atomic mass is 16.5. The third-order valence-electron chi connectivity index (χ3n) is 4.13. The van der Waals surface area contributed by atoms with E-state index in [1.807, 2.05) is 0 Å². The normalized spacial score (nSPS) is 11.4. The van der Waals surface area contributed by atoms with E-state index in [9.17, 15) is 19.2 Å². The minimum Gasteiger partial charge on any atom is -0.443 e. The fourth-order valence-corrected chi connectivity index (χ4v) is 2.93. The lowest BCUT2D eigenvalue weighted by molar-refractivity contribution is -0.129. The molecule has 8 heteroatoms. The van der Waals surface area contributed by atoms with Crippen molar-refractivity contribution in [2.45, 2.75) is 33.8 Å². The molecule has 3 N–H and O–H groups in total. The molecule has 3 amide bonds. The van der Waals surface area contributed by atoms with Gasteiger partial charge in [-0.2, -0.15) is 0 Å². The summed E-state index contributed by atoms with van der Waals surface area (Å²) in [4.78, 5) is 51.6. The van der Waals surface area contributed by atoms with E-state index in [-0.39, 0.29) is 11.5 Å². The first-order valence-corrected chi connectivity index (χ1v) is 8.81. The molecule has 28 heavy (non-hydrogen) atoms. The molecule has 0 spiro atoms. The smallest absolute Gasteiger partial charge is 0.356 e. The van der Waals surface area contributed by atoms with Gasteiger partial charge >= 0.3 is 12.0 Å². The van der Waals surface area contributed by atoms with E-state index >= 15 is 0 Å². The van der Waals surface area contributed by atoms with Crippen molar-refractivity contribution in [2.24, 2.45) is 0 Å². The van der Waals surface area contributed by atoms with Gasteiger partial charge in [-0.15, -0.1) is 0 Å². The van der Waals surface area contributed by atoms with E-state index in [0.717, 1.165) is 0 Å². The maximum atomic E-state index is 12.7. The molecule has 0 saturated heterocycles. The molecule has 2 rings (SSSR count). The fourth-order valence-electron chi connectivity index (χ4n) is 2.93. The number of ether oxygens (including phenoxy) is 1. The standard InChI is InChI=1S/C20H23N3O5/c1-5-21-20(27)23-18(25)17(14-9-7-6-8-10-14)28-19(26)16-11(2)15(13(4)24)12(3)22-16/h6-10,17,22H,5H2,1-4H3,(H2,21,23,25,27)/t17-/m1/s1. The summed E-state index contributed by atoms with van der Waals surface area (Å²) >= 11 is 0. The van der Waals surface area contributed by atoms with Crippen LogP contribution in [-0.2, 0) is 9.53 Å². The Morgan fingerprint density at radius 3 is 2.29 bits per heavy atom. The maximum absolute atomic E-state index is 12.7. The Morgan fingerprint density at radius 1 is 1.11 bits per heavy atom. The lowest BCUT2D eigenvalue weighted by Crippen LogP contribution is -2.42. The summed E-state index contributed by atoms with van der Waals surface area (Å²) in [6.45, 7) is 6.76. The van der Waals surface area contributed by atoms with Crippen molar-refractivity contribution in [1.29, 1.82) is 0 Å². The number of benzene rings is 1. The van der Waals surface area contributed by atoms with Gasteiger partial charge < -0.3 is 15.0 Å². The number of hydrogen-bond donors (Lipinski definition) is 3. The van der Waals surface area contributed by atoms with Crippen LogP contribution in [0.2, 0.25) is 0 Å². The van der Waals surface area contributed by atoms with Gasteiger partial charge in [0.25, 0.3) is 5.91 Å². The molecule has 0 aliphatic heterocycles. The van der Waals surface area contributed by atoms with E-state index in [4.69, 9.17) is 4.74 Å². The lowest BCUT2D eigenvalue weighted by Gasteiger charge is -2.17. The van der Waals surface area contributed by atoms with Crippen LogP contribution in [0, 0.1) is 13.8 Å². The van der Waals surface area contributed by atoms with E-state index in [2.05, 4.69) is 15.6 Å². The minimum absolute atomic E-state index is 0.0921. The predicted molar refractivity (Wildman–Crippen MR) is 102 cm³/mol. The molecule has 0 aliphatic carbocycles. The molecule has 1 aromatic carbocycles. The first-order valence-electron chi connectivity index (χ1n) is 8.81. The molecule has 2 aromatic rings. The van der Waals surface area contributed by atoms with Crippen molar-refractivity contribution in [3.63, 3.8) is 0 Å². The number of imide groups is 1. The number of esters is 1. The van der Waals surface area contributed by atoms with Gasteiger partial charge in [0.2, 0.25) is 6.10 Å². The second-order valence-corrected chi connectivity index (χ2v) is 6.23. The molecule has 1 atom stereocenters. The number of Topliss-reactive ketones (excluding diaryl/α,β-unsaturated/α-hetero) is 1. The molecule has 0 fully saturated rings. The van der Waals surface area contributed by atoms with Crippen LogP contribution in [0.15, 0.2) is 30.3 Å². The zero-order valence-electron chi connectivity index (χ0n) is 16.2. The number of rotatable bonds is 6. The number of ketones is 1. The van der Waals surface area contributed by atoms with Crippen molar-refractivity contribution in [3.8, 4) is 0 Å². The average molecular weight is 385 g/mol. The zero-order chi connectivity index (χ0) is 20.8. The number of amides is 3. The third kappa shape index (κ3) is 4.64. The van der Waals surface area contributed by atoms with Gasteiger partial charge in [-0.1, -0.05) is 30.3 Å². The Balaban J connectivity index is 2.31. The molecule has 1 heterocycles. The molecule has 1 aromatic heterocycles. The number of H-pyrrole nitrogens is 1. The quantitative estimate of drug-likeness (QED) is 0.522. The molecular formula is C20H23N3O5. The number of nitrogens with one attached hydrogen (secondary N) is 3. The second-order valence-electron chi connectivity index (χ2n) is 6.23. The number of carbonyl (C=O) groups excluding carboxylic acids is 4. The van der Waals surface area contributed by atoms with Crippen LogP contribution in [0.3, 0.4) is 0 Å². The van der Waals surface area contributed by atoms with Crippen LogP contribution in [0.5, 0.6) is 0 Å². The van der Waals surface area contributed by atoms with Crippen LogP contribution in [0.4, 0.5) is 4.79 Å². The van der Waals surface area contributed by atoms with Crippen LogP contribution in [0.25, 0.3) is 0 Å². The topological polar surface area (TPSA) is 117 Å². The van der Waals surface area contributed by atoms with Gasteiger partial charge in [-0.25, -0.2) is 9.59 Å². The summed E-state index contributed by atoms with van der Waals surface area (Å²) in [5.74, 6) is -1.76. The van der Waals surface area contributed by atoms with E-state index in [0.29, 0.717) is 28.9 Å². The number of aryl methyl sites for hydroxylation is 1. The first-order chi connectivity index (χ1) is 13.3. The minimum atomic E-state index is -1.33. The predicted octanol–water partition coefficient (Wildman–Crippen LogP) is 2.58. The van der Waals surface area contributed by atoms with Crippen molar-refractivity contribution >= 4 is 23.7 Å². The SMILES string of the molecule is CCNC(=O)NC(=O)[C@H](OC(=O)c1[nH]c(C)c(C(C)=O)c1C)c1ccccc1. The van der Waals surface area contributed by atoms with Gasteiger partial charge in [0.15, 0.2) is 5.78 Å². The zero-order valence-corrected chi connectivity index (χ0v) is 16.2. The second kappa shape index (κ2) is 8.98. The molecule has 0 unspecified atom stereocenters. The summed E-state index contributed by atoms with van der Waals surface area (Å²) in [6, 6.07) is 7.67. The van der Waals surface area contributed by atoms with Crippen molar-refractivity contribution in [1.82, 2.24) is 15.6 Å². The Morgan fingerprint density at radius 2 is 1.75 bits per heavy atom. The van der Waals surface area contributed by atoms with Crippen LogP contribution in [-0.4, -0.2) is 35.2 Å². The Bertz CT molecular complexity index is 902. The van der Waals surface area contributed by atoms with E-state index in [1.54, 1.807) is 51.1 Å². The number of urea groups is 1. The Kier molecular flexibility index (Phi) is 6.70.